The van der Waals surface area contributed by atoms with Gasteiger partial charge in [0.05, 0.1) is 31.9 Å². The Morgan fingerprint density at radius 2 is 1.68 bits per heavy atom. The van der Waals surface area contributed by atoms with Crippen molar-refractivity contribution in [3.05, 3.63) is 54.1 Å². The highest BCUT2D eigenvalue weighted by Crippen LogP contribution is 2.25. The zero-order valence-electron chi connectivity index (χ0n) is 17.1. The van der Waals surface area contributed by atoms with E-state index in [1.807, 2.05) is 44.2 Å². The number of phenols is 1. The highest BCUT2D eigenvalue weighted by atomic mass is 16.3. The quantitative estimate of drug-likeness (QED) is 0.776. The molecule has 1 fully saturated rings. The van der Waals surface area contributed by atoms with Gasteiger partial charge in [0, 0.05) is 33.4 Å². The van der Waals surface area contributed by atoms with Crippen LogP contribution in [0.2, 0.25) is 0 Å². The molecular formula is C22H31N4O2+. The fraction of sp³-hybridized carbons (Fsp3) is 0.409. The van der Waals surface area contributed by atoms with Crippen LogP contribution in [0.5, 0.6) is 5.75 Å². The molecule has 0 aromatic heterocycles. The Bertz CT molecular complexity index is 783. The normalized spacial score (nSPS) is 14.8. The van der Waals surface area contributed by atoms with Crippen LogP contribution in [0.3, 0.4) is 0 Å². The zero-order chi connectivity index (χ0) is 20.1. The van der Waals surface area contributed by atoms with E-state index in [9.17, 15) is 9.90 Å². The molecule has 0 radical (unpaired) electrons. The first-order valence-electron chi connectivity index (χ1n) is 9.81. The molecular weight excluding hydrogens is 352 g/mol. The topological polar surface area (TPSA) is 51.5 Å². The van der Waals surface area contributed by atoms with Crippen LogP contribution in [0.25, 0.3) is 0 Å². The number of hydrogen-bond acceptors (Lipinski definition) is 4. The van der Waals surface area contributed by atoms with Gasteiger partial charge in [0.15, 0.2) is 6.54 Å². The molecule has 0 spiro atoms. The number of anilines is 2. The Labute approximate surface area is 167 Å². The summed E-state index contributed by atoms with van der Waals surface area (Å²) in [6.45, 7) is 4.62. The summed E-state index contributed by atoms with van der Waals surface area (Å²) in [6, 6.07) is 15.8. The number of para-hydroxylation sites is 2. The van der Waals surface area contributed by atoms with Crippen LogP contribution in [-0.2, 0) is 11.3 Å². The number of nitrogens with one attached hydrogen (secondary N) is 1. The molecule has 28 heavy (non-hydrogen) atoms. The van der Waals surface area contributed by atoms with Gasteiger partial charge in [0.1, 0.15) is 5.75 Å². The van der Waals surface area contributed by atoms with E-state index in [0.717, 1.165) is 43.1 Å². The van der Waals surface area contributed by atoms with E-state index in [1.165, 1.54) is 4.90 Å². The maximum Gasteiger partial charge on any atom is 0.277 e. The number of piperazine rings is 1. The van der Waals surface area contributed by atoms with Gasteiger partial charge in [-0.1, -0.05) is 24.3 Å². The Hall–Kier alpha value is -2.73. The second-order valence-corrected chi connectivity index (χ2v) is 7.71. The minimum absolute atomic E-state index is 0.169. The maximum absolute atomic E-state index is 12.6. The van der Waals surface area contributed by atoms with Gasteiger partial charge in [-0.3, -0.25) is 4.79 Å². The average molecular weight is 384 g/mol. The minimum atomic E-state index is 0.169. The van der Waals surface area contributed by atoms with Crippen molar-refractivity contribution in [3.8, 4) is 5.75 Å². The molecule has 150 valence electrons. The number of phenolic OH excluding ortho intramolecular Hbond substituents is 1. The molecule has 0 bridgehead atoms. The van der Waals surface area contributed by atoms with E-state index in [-0.39, 0.29) is 5.91 Å². The van der Waals surface area contributed by atoms with Crippen LogP contribution >= 0.6 is 0 Å². The van der Waals surface area contributed by atoms with Crippen molar-refractivity contribution >= 4 is 17.3 Å². The second-order valence-electron chi connectivity index (χ2n) is 7.71. The third-order valence-electron chi connectivity index (χ3n) is 5.39. The average Bonchev–Trinajstić information content (AvgIpc) is 2.69. The van der Waals surface area contributed by atoms with Crippen LogP contribution < -0.4 is 14.7 Å². The third kappa shape index (κ3) is 4.95. The number of nitrogens with zero attached hydrogens (tertiary/aromatic N) is 3. The maximum atomic E-state index is 12.6. The lowest BCUT2D eigenvalue weighted by atomic mass is 10.2. The third-order valence-corrected chi connectivity index (χ3v) is 5.39. The van der Waals surface area contributed by atoms with E-state index in [0.29, 0.717) is 18.8 Å². The molecule has 3 rings (SSSR count). The number of benzene rings is 2. The highest BCUT2D eigenvalue weighted by molar-refractivity contribution is 5.76. The molecule has 2 aromatic carbocycles. The summed E-state index contributed by atoms with van der Waals surface area (Å²) >= 11 is 0. The van der Waals surface area contributed by atoms with Crippen LogP contribution in [0.15, 0.2) is 48.5 Å². The first kappa shape index (κ1) is 20.0. The summed E-state index contributed by atoms with van der Waals surface area (Å²) in [7, 11) is 5.92. The number of hydrogen-bond donors (Lipinski definition) is 2. The van der Waals surface area contributed by atoms with Crippen molar-refractivity contribution in [3.63, 3.8) is 0 Å². The van der Waals surface area contributed by atoms with Gasteiger partial charge in [0.2, 0.25) is 0 Å². The number of carbonyl (C=O) groups is 1. The van der Waals surface area contributed by atoms with Crippen LogP contribution in [0.4, 0.5) is 11.4 Å². The van der Waals surface area contributed by atoms with Gasteiger partial charge in [-0.25, -0.2) is 0 Å². The number of aromatic hydroxyl groups is 1. The molecule has 0 unspecified atom stereocenters. The highest BCUT2D eigenvalue weighted by Gasteiger charge is 2.24. The predicted molar refractivity (Wildman–Crippen MR) is 113 cm³/mol. The molecule has 1 amide bonds. The fourth-order valence-electron chi connectivity index (χ4n) is 3.58. The van der Waals surface area contributed by atoms with Crippen LogP contribution in [-0.4, -0.2) is 69.8 Å². The van der Waals surface area contributed by atoms with Gasteiger partial charge in [-0.05, 0) is 29.8 Å². The second kappa shape index (κ2) is 8.97. The Kier molecular flexibility index (Phi) is 6.41. The van der Waals surface area contributed by atoms with E-state index < -0.39 is 0 Å². The summed E-state index contributed by atoms with van der Waals surface area (Å²) in [4.78, 5) is 20.0. The lowest BCUT2D eigenvalue weighted by Gasteiger charge is -2.34. The molecule has 0 atom stereocenters. The standard InChI is InChI=1S/C22H30N4O2/c1-23(2)19-10-8-18(9-11-19)16-24(3)22(28)17-25-12-14-26(15-13-25)20-6-4-5-7-21(20)27/h4-11,27H,12-17H2,1-3H3/p+1. The summed E-state index contributed by atoms with van der Waals surface area (Å²) in [5.74, 6) is 0.490. The largest absolute Gasteiger partial charge is 0.506 e. The van der Waals surface area contributed by atoms with Crippen molar-refractivity contribution in [2.75, 3.05) is 63.7 Å². The molecule has 2 aromatic rings. The van der Waals surface area contributed by atoms with Crippen molar-refractivity contribution in [1.82, 2.24) is 4.90 Å². The van der Waals surface area contributed by atoms with Gasteiger partial charge in [-0.2, -0.15) is 0 Å². The van der Waals surface area contributed by atoms with Gasteiger partial charge in [0.25, 0.3) is 5.91 Å². The molecule has 2 N–H and O–H groups in total. The van der Waals surface area contributed by atoms with Crippen molar-refractivity contribution in [1.29, 1.82) is 0 Å². The van der Waals surface area contributed by atoms with E-state index in [2.05, 4.69) is 34.1 Å². The number of carbonyl (C=O) groups excluding carboxylic acids is 1. The van der Waals surface area contributed by atoms with E-state index >= 15 is 0 Å². The van der Waals surface area contributed by atoms with Crippen LogP contribution in [0.1, 0.15) is 5.56 Å². The summed E-state index contributed by atoms with van der Waals surface area (Å²) in [5.41, 5.74) is 3.18. The summed E-state index contributed by atoms with van der Waals surface area (Å²) < 4.78 is 0. The predicted octanol–water partition coefficient (Wildman–Crippen LogP) is 0.822. The van der Waals surface area contributed by atoms with E-state index in [1.54, 1.807) is 6.07 Å². The monoisotopic (exact) mass is 383 g/mol. The van der Waals surface area contributed by atoms with Crippen molar-refractivity contribution < 1.29 is 14.8 Å². The molecule has 0 aliphatic carbocycles. The number of quaternary nitrogens is 1. The summed E-state index contributed by atoms with van der Waals surface area (Å²) in [6.07, 6.45) is 0. The van der Waals surface area contributed by atoms with Crippen molar-refractivity contribution in [2.24, 2.45) is 0 Å². The van der Waals surface area contributed by atoms with Gasteiger partial charge < -0.3 is 24.7 Å². The first-order valence-corrected chi connectivity index (χ1v) is 9.81. The Morgan fingerprint density at radius 3 is 2.29 bits per heavy atom. The lowest BCUT2D eigenvalue weighted by Crippen LogP contribution is -3.15. The number of rotatable bonds is 6. The molecule has 1 aliphatic rings. The molecule has 0 saturated carbocycles. The number of likely N-dealkylation sites (N-methyl/N-ethyl adjacent to an activating group) is 1. The molecule has 1 heterocycles. The number of amides is 1. The zero-order valence-corrected chi connectivity index (χ0v) is 17.1. The van der Waals surface area contributed by atoms with Crippen molar-refractivity contribution in [2.45, 2.75) is 6.54 Å². The molecule has 6 nitrogen and oxygen atoms in total. The van der Waals surface area contributed by atoms with Gasteiger partial charge >= 0.3 is 0 Å². The van der Waals surface area contributed by atoms with Crippen LogP contribution in [0, 0.1) is 0 Å². The molecule has 1 aliphatic heterocycles. The Morgan fingerprint density at radius 1 is 1.04 bits per heavy atom. The lowest BCUT2D eigenvalue weighted by molar-refractivity contribution is -0.892. The molecule has 1 saturated heterocycles. The fourth-order valence-corrected chi connectivity index (χ4v) is 3.58. The Balaban J connectivity index is 1.48. The SMILES string of the molecule is CN(Cc1ccc(N(C)C)cc1)C(=O)C[NH+]1CCN(c2ccccc2O)CC1. The smallest absolute Gasteiger partial charge is 0.277 e. The first-order chi connectivity index (χ1) is 13.4. The van der Waals surface area contributed by atoms with E-state index in [4.69, 9.17) is 0 Å². The minimum Gasteiger partial charge on any atom is -0.506 e. The molecule has 6 heteroatoms. The van der Waals surface area contributed by atoms with Gasteiger partial charge in [-0.15, -0.1) is 0 Å². The summed E-state index contributed by atoms with van der Waals surface area (Å²) in [5, 5.41) is 10.0.